The molecule has 1 aliphatic rings. The van der Waals surface area contributed by atoms with Crippen molar-refractivity contribution >= 4 is 5.57 Å². The van der Waals surface area contributed by atoms with Crippen LogP contribution in [0.5, 0.6) is 0 Å². The van der Waals surface area contributed by atoms with Gasteiger partial charge in [0.2, 0.25) is 0 Å². The molecule has 1 atom stereocenters. The van der Waals surface area contributed by atoms with Crippen molar-refractivity contribution in [3.05, 3.63) is 36.2 Å². The predicted molar refractivity (Wildman–Crippen MR) is 46.4 cm³/mol. The molecular weight excluding hydrogens is 153 g/mol. The SMILES string of the molecule is C=C1CC[C@H](F)c2cccnc21. The Morgan fingerprint density at radius 3 is 3.17 bits per heavy atom. The van der Waals surface area contributed by atoms with E-state index in [0.717, 1.165) is 17.7 Å². The zero-order valence-corrected chi connectivity index (χ0v) is 6.76. The number of halogens is 1. The Morgan fingerprint density at radius 2 is 2.42 bits per heavy atom. The van der Waals surface area contributed by atoms with E-state index in [1.165, 1.54) is 0 Å². The number of nitrogens with zero attached hydrogens (tertiary/aromatic N) is 1. The molecule has 0 aromatic carbocycles. The summed E-state index contributed by atoms with van der Waals surface area (Å²) >= 11 is 0. The highest BCUT2D eigenvalue weighted by Crippen LogP contribution is 2.36. The first kappa shape index (κ1) is 7.47. The molecule has 0 aliphatic heterocycles. The number of hydrogen-bond acceptors (Lipinski definition) is 1. The minimum absolute atomic E-state index is 0.553. The van der Waals surface area contributed by atoms with Gasteiger partial charge in [0.1, 0.15) is 6.17 Å². The molecule has 1 heterocycles. The lowest BCUT2D eigenvalue weighted by Crippen LogP contribution is -2.06. The van der Waals surface area contributed by atoms with Crippen LogP contribution in [0, 0.1) is 0 Å². The predicted octanol–water partition coefficient (Wildman–Crippen LogP) is 2.90. The van der Waals surface area contributed by atoms with Crippen LogP contribution in [0.3, 0.4) is 0 Å². The van der Waals surface area contributed by atoms with Gasteiger partial charge in [-0.1, -0.05) is 12.6 Å². The molecule has 1 aromatic rings. The molecule has 0 unspecified atom stereocenters. The summed E-state index contributed by atoms with van der Waals surface area (Å²) in [6.07, 6.45) is 2.12. The molecule has 12 heavy (non-hydrogen) atoms. The number of rotatable bonds is 0. The maximum absolute atomic E-state index is 13.3. The quantitative estimate of drug-likeness (QED) is 0.573. The molecule has 0 saturated heterocycles. The van der Waals surface area contributed by atoms with E-state index >= 15 is 0 Å². The van der Waals surface area contributed by atoms with Crippen molar-refractivity contribution < 1.29 is 4.39 Å². The minimum atomic E-state index is -0.848. The lowest BCUT2D eigenvalue weighted by atomic mass is 9.91. The Hall–Kier alpha value is -1.18. The number of alkyl halides is 1. The molecule has 1 aromatic heterocycles. The minimum Gasteiger partial charge on any atom is -0.256 e. The molecule has 0 spiro atoms. The van der Waals surface area contributed by atoms with E-state index in [1.54, 1.807) is 18.3 Å². The summed E-state index contributed by atoms with van der Waals surface area (Å²) in [7, 11) is 0. The maximum Gasteiger partial charge on any atom is 0.128 e. The molecule has 2 rings (SSSR count). The summed E-state index contributed by atoms with van der Waals surface area (Å²) in [6, 6.07) is 3.56. The van der Waals surface area contributed by atoms with Crippen LogP contribution in [-0.4, -0.2) is 4.98 Å². The first-order chi connectivity index (χ1) is 5.79. The fraction of sp³-hybridized carbons (Fsp3) is 0.300. The molecular formula is C10H10FN. The average molecular weight is 163 g/mol. The lowest BCUT2D eigenvalue weighted by molar-refractivity contribution is 0.319. The van der Waals surface area contributed by atoms with Crippen LogP contribution >= 0.6 is 0 Å². The van der Waals surface area contributed by atoms with Crippen LogP contribution in [-0.2, 0) is 0 Å². The third-order valence-corrected chi connectivity index (χ3v) is 2.21. The standard InChI is InChI=1S/C10H10FN/c1-7-4-5-9(11)8-3-2-6-12-10(7)8/h2-3,6,9H,1,4-5H2/t9-/m0/s1. The van der Waals surface area contributed by atoms with Crippen LogP contribution < -0.4 is 0 Å². The van der Waals surface area contributed by atoms with Gasteiger partial charge in [-0.3, -0.25) is 4.98 Å². The van der Waals surface area contributed by atoms with Crippen molar-refractivity contribution in [2.75, 3.05) is 0 Å². The molecule has 0 bridgehead atoms. The van der Waals surface area contributed by atoms with Gasteiger partial charge in [0.25, 0.3) is 0 Å². The zero-order chi connectivity index (χ0) is 8.55. The van der Waals surface area contributed by atoms with Gasteiger partial charge in [0.15, 0.2) is 0 Å². The number of aromatic nitrogens is 1. The van der Waals surface area contributed by atoms with E-state index in [9.17, 15) is 4.39 Å². The maximum atomic E-state index is 13.3. The molecule has 0 fully saturated rings. The molecule has 1 nitrogen and oxygen atoms in total. The Bertz CT molecular complexity index is 319. The molecule has 62 valence electrons. The molecule has 2 heteroatoms. The van der Waals surface area contributed by atoms with E-state index in [0.29, 0.717) is 12.0 Å². The Labute approximate surface area is 70.9 Å². The zero-order valence-electron chi connectivity index (χ0n) is 6.76. The first-order valence-corrected chi connectivity index (χ1v) is 4.06. The number of allylic oxidation sites excluding steroid dienone is 1. The van der Waals surface area contributed by atoms with E-state index in [1.807, 2.05) is 0 Å². The molecule has 0 radical (unpaired) electrons. The molecule has 1 aliphatic carbocycles. The fourth-order valence-corrected chi connectivity index (χ4v) is 1.54. The normalized spacial score (nSPS) is 22.1. The third kappa shape index (κ3) is 1.04. The summed E-state index contributed by atoms with van der Waals surface area (Å²) in [5.74, 6) is 0. The van der Waals surface area contributed by atoms with Crippen molar-refractivity contribution in [1.82, 2.24) is 4.98 Å². The van der Waals surface area contributed by atoms with Gasteiger partial charge in [-0.05, 0) is 24.5 Å². The average Bonchev–Trinajstić information content (AvgIpc) is 2.12. The molecule has 0 saturated carbocycles. The fourth-order valence-electron chi connectivity index (χ4n) is 1.54. The van der Waals surface area contributed by atoms with Gasteiger partial charge in [0, 0.05) is 11.8 Å². The summed E-state index contributed by atoms with van der Waals surface area (Å²) in [5, 5.41) is 0. The highest BCUT2D eigenvalue weighted by atomic mass is 19.1. The monoisotopic (exact) mass is 163 g/mol. The van der Waals surface area contributed by atoms with Crippen LogP contribution in [0.15, 0.2) is 24.9 Å². The molecule has 0 amide bonds. The van der Waals surface area contributed by atoms with Gasteiger partial charge in [-0.25, -0.2) is 4.39 Å². The van der Waals surface area contributed by atoms with E-state index in [-0.39, 0.29) is 0 Å². The topological polar surface area (TPSA) is 12.9 Å². The van der Waals surface area contributed by atoms with Gasteiger partial charge < -0.3 is 0 Å². The van der Waals surface area contributed by atoms with Gasteiger partial charge in [0.05, 0.1) is 5.69 Å². The Morgan fingerprint density at radius 1 is 1.58 bits per heavy atom. The number of fused-ring (bicyclic) bond motifs is 1. The smallest absolute Gasteiger partial charge is 0.128 e. The summed E-state index contributed by atoms with van der Waals surface area (Å²) in [5.41, 5.74) is 2.42. The second-order valence-corrected chi connectivity index (χ2v) is 3.05. The van der Waals surface area contributed by atoms with Crippen molar-refractivity contribution in [2.24, 2.45) is 0 Å². The highest BCUT2D eigenvalue weighted by Gasteiger charge is 2.21. The largest absolute Gasteiger partial charge is 0.256 e. The first-order valence-electron chi connectivity index (χ1n) is 4.06. The second-order valence-electron chi connectivity index (χ2n) is 3.05. The number of hydrogen-bond donors (Lipinski definition) is 0. The van der Waals surface area contributed by atoms with Crippen molar-refractivity contribution in [2.45, 2.75) is 19.0 Å². The van der Waals surface area contributed by atoms with Gasteiger partial charge >= 0.3 is 0 Å². The number of pyridine rings is 1. The van der Waals surface area contributed by atoms with Crippen molar-refractivity contribution in [3.63, 3.8) is 0 Å². The van der Waals surface area contributed by atoms with Crippen molar-refractivity contribution in [1.29, 1.82) is 0 Å². The van der Waals surface area contributed by atoms with Crippen LogP contribution in [0.2, 0.25) is 0 Å². The lowest BCUT2D eigenvalue weighted by Gasteiger charge is -2.19. The third-order valence-electron chi connectivity index (χ3n) is 2.21. The van der Waals surface area contributed by atoms with Crippen LogP contribution in [0.4, 0.5) is 4.39 Å². The van der Waals surface area contributed by atoms with Crippen LogP contribution in [0.1, 0.15) is 30.3 Å². The van der Waals surface area contributed by atoms with Crippen molar-refractivity contribution in [3.8, 4) is 0 Å². The highest BCUT2D eigenvalue weighted by molar-refractivity contribution is 5.65. The van der Waals surface area contributed by atoms with Gasteiger partial charge in [-0.2, -0.15) is 0 Å². The summed E-state index contributed by atoms with van der Waals surface area (Å²) in [6.45, 7) is 3.86. The van der Waals surface area contributed by atoms with E-state index < -0.39 is 6.17 Å². The van der Waals surface area contributed by atoms with Gasteiger partial charge in [-0.15, -0.1) is 0 Å². The Balaban J connectivity index is 2.55. The Kier molecular flexibility index (Phi) is 1.68. The van der Waals surface area contributed by atoms with Crippen LogP contribution in [0.25, 0.3) is 5.57 Å². The molecule has 0 N–H and O–H groups in total. The van der Waals surface area contributed by atoms with E-state index in [2.05, 4.69) is 11.6 Å². The summed E-state index contributed by atoms with van der Waals surface area (Å²) in [4.78, 5) is 4.11. The van der Waals surface area contributed by atoms with E-state index in [4.69, 9.17) is 0 Å². The summed E-state index contributed by atoms with van der Waals surface area (Å²) < 4.78 is 13.3. The second kappa shape index (κ2) is 2.70.